The Morgan fingerprint density at radius 2 is 1.03 bits per heavy atom. The predicted octanol–water partition coefficient (Wildman–Crippen LogP) is 9.71. The highest BCUT2D eigenvalue weighted by atomic mass is 16.6. The molecule has 0 radical (unpaired) electrons. The predicted molar refractivity (Wildman–Crippen MR) is 157 cm³/mol. The molecule has 0 saturated carbocycles. The Balaban J connectivity index is 0.000000893. The zero-order valence-corrected chi connectivity index (χ0v) is 24.0. The van der Waals surface area contributed by atoms with E-state index in [1.165, 1.54) is 160 Å². The number of hydrogen-bond donors (Lipinski definition) is 2. The first kappa shape index (κ1) is 35.0. The van der Waals surface area contributed by atoms with Gasteiger partial charge in [0.15, 0.2) is 0 Å². The van der Waals surface area contributed by atoms with E-state index in [4.69, 9.17) is 5.11 Å². The molecule has 214 valence electrons. The number of nitrogens with one attached hydrogen (secondary N) is 1. The van der Waals surface area contributed by atoms with Crippen LogP contribution < -0.4 is 5.32 Å². The van der Waals surface area contributed by atoms with Crippen molar-refractivity contribution in [2.45, 2.75) is 142 Å². The van der Waals surface area contributed by atoms with Crippen molar-refractivity contribution in [1.29, 1.82) is 0 Å². The third kappa shape index (κ3) is 22.9. The van der Waals surface area contributed by atoms with E-state index in [0.29, 0.717) is 0 Å². The Morgan fingerprint density at radius 3 is 1.35 bits per heavy atom. The highest BCUT2D eigenvalue weighted by Gasteiger charge is 2.17. The zero-order valence-electron chi connectivity index (χ0n) is 24.0. The summed E-state index contributed by atoms with van der Waals surface area (Å²) in [5.74, 6) is -1.29. The van der Waals surface area contributed by atoms with Crippen LogP contribution in [0.15, 0.2) is 24.3 Å². The molecule has 0 heterocycles. The molecule has 6 heteroatoms. The highest BCUT2D eigenvalue weighted by Crippen LogP contribution is 2.17. The van der Waals surface area contributed by atoms with Crippen LogP contribution in [0.1, 0.15) is 153 Å². The SMILES string of the molecule is CCCCCCCCCCCCNCCCCCCCCCCCC.O=C(O)c1ccccc1[N+](=O)[O-]. The summed E-state index contributed by atoms with van der Waals surface area (Å²) in [5, 5.41) is 22.4. The number of nitro benzene ring substituents is 1. The molecular formula is C31H56N2O4. The van der Waals surface area contributed by atoms with Crippen LogP contribution in [0.3, 0.4) is 0 Å². The molecule has 1 aromatic rings. The number of aromatic carboxylic acids is 1. The van der Waals surface area contributed by atoms with E-state index in [2.05, 4.69) is 19.2 Å². The van der Waals surface area contributed by atoms with Gasteiger partial charge in [0, 0.05) is 6.07 Å². The lowest BCUT2D eigenvalue weighted by Gasteiger charge is -2.05. The molecule has 0 aliphatic heterocycles. The molecule has 0 aliphatic rings. The number of carbonyl (C=O) groups is 1. The van der Waals surface area contributed by atoms with Gasteiger partial charge in [0.1, 0.15) is 5.56 Å². The van der Waals surface area contributed by atoms with E-state index < -0.39 is 10.9 Å². The van der Waals surface area contributed by atoms with Crippen molar-refractivity contribution >= 4 is 11.7 Å². The van der Waals surface area contributed by atoms with E-state index >= 15 is 0 Å². The minimum absolute atomic E-state index is 0.289. The monoisotopic (exact) mass is 520 g/mol. The van der Waals surface area contributed by atoms with Gasteiger partial charge in [0.2, 0.25) is 0 Å². The summed E-state index contributed by atoms with van der Waals surface area (Å²) < 4.78 is 0. The van der Waals surface area contributed by atoms with Crippen LogP contribution in [0, 0.1) is 10.1 Å². The summed E-state index contributed by atoms with van der Waals surface area (Å²) >= 11 is 0. The Bertz CT molecular complexity index is 611. The molecule has 1 rings (SSSR count). The minimum Gasteiger partial charge on any atom is -0.477 e. The molecule has 0 fully saturated rings. The molecular weight excluding hydrogens is 464 g/mol. The van der Waals surface area contributed by atoms with E-state index in [-0.39, 0.29) is 11.3 Å². The van der Waals surface area contributed by atoms with Gasteiger partial charge in [-0.1, -0.05) is 142 Å². The fourth-order valence-corrected chi connectivity index (χ4v) is 4.41. The number of hydrogen-bond acceptors (Lipinski definition) is 4. The molecule has 0 amide bonds. The van der Waals surface area contributed by atoms with Crippen LogP contribution in [-0.4, -0.2) is 29.1 Å². The average molecular weight is 521 g/mol. The van der Waals surface area contributed by atoms with Crippen molar-refractivity contribution in [3.8, 4) is 0 Å². The molecule has 37 heavy (non-hydrogen) atoms. The quantitative estimate of drug-likeness (QED) is 0.0803. The molecule has 1 aromatic carbocycles. The van der Waals surface area contributed by atoms with Gasteiger partial charge in [-0.15, -0.1) is 0 Å². The largest absolute Gasteiger partial charge is 0.477 e. The van der Waals surface area contributed by atoms with Crippen molar-refractivity contribution < 1.29 is 14.8 Å². The van der Waals surface area contributed by atoms with Crippen LogP contribution in [-0.2, 0) is 0 Å². The van der Waals surface area contributed by atoms with Crippen molar-refractivity contribution in [1.82, 2.24) is 5.32 Å². The summed E-state index contributed by atoms with van der Waals surface area (Å²) in [4.78, 5) is 20.0. The standard InChI is InChI=1S/C24H51N.C7H5NO4/c1-3-5-7-9-11-13-15-17-19-21-23-25-24-22-20-18-16-14-12-10-8-6-4-2;9-7(10)5-3-1-2-4-6(5)8(11)12/h25H,3-24H2,1-2H3;1-4H,(H,9,10). The number of nitro groups is 1. The number of carboxylic acids is 1. The number of carboxylic acid groups (broad SMARTS) is 1. The summed E-state index contributed by atoms with van der Waals surface area (Å²) in [6.45, 7) is 7.08. The van der Waals surface area contributed by atoms with Crippen LogP contribution in [0.4, 0.5) is 5.69 Å². The van der Waals surface area contributed by atoms with Gasteiger partial charge in [-0.25, -0.2) is 4.79 Å². The Hall–Kier alpha value is -1.95. The smallest absolute Gasteiger partial charge is 0.342 e. The Morgan fingerprint density at radius 1 is 0.676 bits per heavy atom. The molecule has 0 aromatic heterocycles. The topological polar surface area (TPSA) is 92.5 Å². The molecule has 0 atom stereocenters. The van der Waals surface area contributed by atoms with E-state index in [9.17, 15) is 14.9 Å². The summed E-state index contributed by atoms with van der Waals surface area (Å²) in [6.07, 6.45) is 28.8. The van der Waals surface area contributed by atoms with Crippen molar-refractivity contribution in [3.05, 3.63) is 39.9 Å². The molecule has 2 N–H and O–H groups in total. The van der Waals surface area contributed by atoms with Crippen molar-refractivity contribution in [2.75, 3.05) is 13.1 Å². The zero-order chi connectivity index (χ0) is 27.4. The molecule has 6 nitrogen and oxygen atoms in total. The second kappa shape index (κ2) is 27.1. The first-order chi connectivity index (χ1) is 18.0. The lowest BCUT2D eigenvalue weighted by molar-refractivity contribution is -0.385. The first-order valence-electron chi connectivity index (χ1n) is 15.2. The number of nitrogens with zero attached hydrogens (tertiary/aromatic N) is 1. The van der Waals surface area contributed by atoms with Crippen LogP contribution >= 0.6 is 0 Å². The normalized spacial score (nSPS) is 10.6. The van der Waals surface area contributed by atoms with Gasteiger partial charge in [-0.2, -0.15) is 0 Å². The highest BCUT2D eigenvalue weighted by molar-refractivity contribution is 5.92. The summed E-state index contributed by atoms with van der Waals surface area (Å²) in [6, 6.07) is 5.21. The maximum absolute atomic E-state index is 10.4. The van der Waals surface area contributed by atoms with E-state index in [1.807, 2.05) is 0 Å². The number of para-hydroxylation sites is 1. The van der Waals surface area contributed by atoms with Crippen LogP contribution in [0.2, 0.25) is 0 Å². The van der Waals surface area contributed by atoms with Crippen molar-refractivity contribution in [2.24, 2.45) is 0 Å². The van der Waals surface area contributed by atoms with Gasteiger partial charge in [0.05, 0.1) is 4.92 Å². The Kier molecular flexibility index (Phi) is 25.7. The van der Waals surface area contributed by atoms with E-state index in [0.717, 1.165) is 6.07 Å². The average Bonchev–Trinajstić information content (AvgIpc) is 2.90. The maximum Gasteiger partial charge on any atom is 0.342 e. The lowest BCUT2D eigenvalue weighted by atomic mass is 10.1. The summed E-state index contributed by atoms with van der Waals surface area (Å²) in [7, 11) is 0. The van der Waals surface area contributed by atoms with Gasteiger partial charge >= 0.3 is 5.97 Å². The molecule has 0 saturated heterocycles. The summed E-state index contributed by atoms with van der Waals surface area (Å²) in [5.41, 5.74) is -0.674. The van der Waals surface area contributed by atoms with Crippen LogP contribution in [0.25, 0.3) is 0 Å². The molecule has 0 unspecified atom stereocenters. The van der Waals surface area contributed by atoms with Crippen molar-refractivity contribution in [3.63, 3.8) is 0 Å². The van der Waals surface area contributed by atoms with E-state index in [1.54, 1.807) is 0 Å². The van der Waals surface area contributed by atoms with Gasteiger partial charge in [-0.3, -0.25) is 10.1 Å². The lowest BCUT2D eigenvalue weighted by Crippen LogP contribution is -2.16. The number of unbranched alkanes of at least 4 members (excludes halogenated alkanes) is 18. The van der Waals surface area contributed by atoms with Gasteiger partial charge in [0.25, 0.3) is 5.69 Å². The third-order valence-corrected chi connectivity index (χ3v) is 6.75. The second-order valence-electron chi connectivity index (χ2n) is 10.2. The fourth-order valence-electron chi connectivity index (χ4n) is 4.41. The molecule has 0 bridgehead atoms. The number of benzene rings is 1. The second-order valence-corrected chi connectivity index (χ2v) is 10.2. The minimum atomic E-state index is -1.29. The maximum atomic E-state index is 10.4. The Labute approximate surface area is 227 Å². The molecule has 0 spiro atoms. The molecule has 0 aliphatic carbocycles. The third-order valence-electron chi connectivity index (χ3n) is 6.75. The van der Waals surface area contributed by atoms with Crippen LogP contribution in [0.5, 0.6) is 0 Å². The van der Waals surface area contributed by atoms with Gasteiger partial charge < -0.3 is 10.4 Å². The first-order valence-corrected chi connectivity index (χ1v) is 15.2. The fraction of sp³-hybridized carbons (Fsp3) is 0.774. The number of rotatable bonds is 24. The van der Waals surface area contributed by atoms with Gasteiger partial charge in [-0.05, 0) is 32.0 Å².